The summed E-state index contributed by atoms with van der Waals surface area (Å²) < 4.78 is 4.91. The molecule has 1 amide bonds. The molecule has 0 atom stereocenters. The fourth-order valence-corrected chi connectivity index (χ4v) is 1.44. The van der Waals surface area contributed by atoms with Gasteiger partial charge in [-0.2, -0.15) is 4.98 Å². The quantitative estimate of drug-likeness (QED) is 0.727. The molecule has 0 aliphatic rings. The summed E-state index contributed by atoms with van der Waals surface area (Å²) in [6, 6.07) is 2.93. The maximum absolute atomic E-state index is 11.8. The van der Waals surface area contributed by atoms with E-state index in [-0.39, 0.29) is 17.0 Å². The van der Waals surface area contributed by atoms with E-state index in [4.69, 9.17) is 22.1 Å². The van der Waals surface area contributed by atoms with Gasteiger partial charge in [0, 0.05) is 18.0 Å². The van der Waals surface area contributed by atoms with Crippen molar-refractivity contribution in [2.75, 3.05) is 18.2 Å². The van der Waals surface area contributed by atoms with Crippen molar-refractivity contribution < 1.29 is 9.53 Å². The number of methoxy groups -OCH3 is 1. The molecule has 8 heteroatoms. The predicted molar refractivity (Wildman–Crippen MR) is 66.8 cm³/mol. The van der Waals surface area contributed by atoms with Gasteiger partial charge in [-0.25, -0.2) is 4.98 Å². The molecule has 0 bridgehead atoms. The summed E-state index contributed by atoms with van der Waals surface area (Å²) in [5.74, 6) is -0.107. The third kappa shape index (κ3) is 2.69. The van der Waals surface area contributed by atoms with E-state index >= 15 is 0 Å². The van der Waals surface area contributed by atoms with E-state index in [1.54, 1.807) is 0 Å². The molecule has 4 N–H and O–H groups in total. The van der Waals surface area contributed by atoms with Crippen molar-refractivity contribution in [1.82, 2.24) is 15.0 Å². The third-order valence-electron chi connectivity index (χ3n) is 2.06. The molecule has 0 aromatic carbocycles. The second-order valence-electron chi connectivity index (χ2n) is 3.36. The molecular formula is C10H10ClN5O2. The minimum Gasteiger partial charge on any atom is -0.481 e. The molecule has 7 nitrogen and oxygen atoms in total. The molecule has 0 radical (unpaired) electrons. The lowest BCUT2D eigenvalue weighted by molar-refractivity contribution is 0.102. The number of hydrogen-bond donors (Lipinski definition) is 3. The first-order valence-corrected chi connectivity index (χ1v) is 5.30. The molecule has 0 spiro atoms. The van der Waals surface area contributed by atoms with Crippen molar-refractivity contribution in [1.29, 1.82) is 0 Å². The molecule has 0 aliphatic heterocycles. The Hall–Kier alpha value is -2.28. The summed E-state index contributed by atoms with van der Waals surface area (Å²) in [6.45, 7) is 0. The summed E-state index contributed by atoms with van der Waals surface area (Å²) in [5, 5.41) is 2.64. The number of carbonyl (C=O) groups excluding carboxylic acids is 1. The summed E-state index contributed by atoms with van der Waals surface area (Å²) in [6.07, 6.45) is 1.51. The zero-order chi connectivity index (χ0) is 13.1. The summed E-state index contributed by atoms with van der Waals surface area (Å²) >= 11 is 5.75. The number of aromatic nitrogens is 3. The highest BCUT2D eigenvalue weighted by Gasteiger charge is 2.11. The predicted octanol–water partition coefficient (Wildman–Crippen LogP) is 1.30. The zero-order valence-electron chi connectivity index (χ0n) is 9.40. The molecule has 2 heterocycles. The van der Waals surface area contributed by atoms with Crippen LogP contribution in [0.1, 0.15) is 10.5 Å². The Bertz CT molecular complexity index is 583. The van der Waals surface area contributed by atoms with E-state index in [1.165, 1.54) is 25.4 Å². The number of nitrogens with two attached hydrogens (primary N) is 1. The van der Waals surface area contributed by atoms with Gasteiger partial charge in [0.2, 0.25) is 11.8 Å². The number of anilines is 2. The molecule has 0 saturated carbocycles. The van der Waals surface area contributed by atoms with Crippen molar-refractivity contribution in [3.8, 4) is 5.88 Å². The normalized spacial score (nSPS) is 10.1. The second kappa shape index (κ2) is 4.92. The van der Waals surface area contributed by atoms with E-state index < -0.39 is 5.91 Å². The van der Waals surface area contributed by atoms with Gasteiger partial charge in [0.05, 0.1) is 7.11 Å². The number of amides is 1. The molecule has 2 rings (SSSR count). The highest BCUT2D eigenvalue weighted by molar-refractivity contribution is 6.29. The number of carbonyl (C=O) groups is 1. The summed E-state index contributed by atoms with van der Waals surface area (Å²) in [7, 11) is 1.44. The van der Waals surface area contributed by atoms with Gasteiger partial charge < -0.3 is 15.5 Å². The van der Waals surface area contributed by atoms with Crippen LogP contribution in [0.2, 0.25) is 5.15 Å². The molecule has 0 aliphatic carbocycles. The van der Waals surface area contributed by atoms with Crippen LogP contribution in [0.4, 0.5) is 11.6 Å². The van der Waals surface area contributed by atoms with Crippen LogP contribution in [0, 0.1) is 0 Å². The van der Waals surface area contributed by atoms with Gasteiger partial charge in [-0.05, 0) is 6.07 Å². The first kappa shape index (κ1) is 12.2. The van der Waals surface area contributed by atoms with Crippen LogP contribution >= 0.6 is 11.6 Å². The fourth-order valence-electron chi connectivity index (χ4n) is 1.27. The number of halogens is 1. The Morgan fingerprint density at radius 1 is 1.50 bits per heavy atom. The van der Waals surface area contributed by atoms with Crippen LogP contribution in [-0.2, 0) is 0 Å². The molecule has 0 saturated heterocycles. The molecule has 2 aromatic heterocycles. The lowest BCUT2D eigenvalue weighted by atomic mass is 10.4. The van der Waals surface area contributed by atoms with Gasteiger partial charge in [-0.3, -0.25) is 10.1 Å². The molecule has 0 fully saturated rings. The summed E-state index contributed by atoms with van der Waals surface area (Å²) in [4.78, 5) is 22.3. The van der Waals surface area contributed by atoms with Crippen molar-refractivity contribution >= 4 is 29.1 Å². The average Bonchev–Trinajstić information content (AvgIpc) is 2.75. The number of ether oxygens (including phenoxy) is 1. The number of hydrogen-bond acceptors (Lipinski definition) is 5. The van der Waals surface area contributed by atoms with Crippen LogP contribution in [-0.4, -0.2) is 28.0 Å². The maximum atomic E-state index is 11.8. The van der Waals surface area contributed by atoms with E-state index in [9.17, 15) is 4.79 Å². The number of H-pyrrole nitrogens is 1. The van der Waals surface area contributed by atoms with E-state index in [0.29, 0.717) is 11.4 Å². The van der Waals surface area contributed by atoms with Crippen molar-refractivity contribution in [3.05, 3.63) is 29.2 Å². The minimum absolute atomic E-state index is 0.0533. The maximum Gasteiger partial charge on any atom is 0.274 e. The van der Waals surface area contributed by atoms with E-state index in [2.05, 4.69) is 20.3 Å². The van der Waals surface area contributed by atoms with Crippen LogP contribution in [0.3, 0.4) is 0 Å². The number of aromatic amines is 1. The Labute approximate surface area is 107 Å². The Morgan fingerprint density at radius 3 is 2.89 bits per heavy atom. The van der Waals surface area contributed by atoms with Gasteiger partial charge >= 0.3 is 0 Å². The number of nitrogens with zero attached hydrogens (tertiary/aromatic N) is 2. The second-order valence-corrected chi connectivity index (χ2v) is 3.74. The smallest absolute Gasteiger partial charge is 0.274 e. The van der Waals surface area contributed by atoms with Crippen LogP contribution in [0.25, 0.3) is 0 Å². The highest BCUT2D eigenvalue weighted by atomic mass is 35.5. The van der Waals surface area contributed by atoms with Crippen LogP contribution in [0.5, 0.6) is 5.88 Å². The summed E-state index contributed by atoms with van der Waals surface area (Å²) in [5.41, 5.74) is 6.26. The standard InChI is InChI=1S/C10H10ClN5O2/c1-18-8-3-7(11)14-10(15-8)16-9(17)6-2-5(12)4-13-6/h2-4,13H,12H2,1H3,(H,14,15,16,17). The third-order valence-corrected chi connectivity index (χ3v) is 2.25. The van der Waals surface area contributed by atoms with E-state index in [0.717, 1.165) is 0 Å². The number of nitrogen functional groups attached to an aromatic ring is 1. The minimum atomic E-state index is -0.420. The SMILES string of the molecule is COc1cc(Cl)nc(NC(=O)c2cc(N)c[nH]2)n1. The topological polar surface area (TPSA) is 106 Å². The first-order chi connectivity index (χ1) is 8.58. The monoisotopic (exact) mass is 267 g/mol. The lowest BCUT2D eigenvalue weighted by Gasteiger charge is -2.04. The average molecular weight is 268 g/mol. The van der Waals surface area contributed by atoms with Crippen molar-refractivity contribution in [3.63, 3.8) is 0 Å². The molecule has 18 heavy (non-hydrogen) atoms. The zero-order valence-corrected chi connectivity index (χ0v) is 10.2. The van der Waals surface area contributed by atoms with Crippen LogP contribution in [0.15, 0.2) is 18.3 Å². The lowest BCUT2D eigenvalue weighted by Crippen LogP contribution is -2.14. The Balaban J connectivity index is 2.18. The number of rotatable bonds is 3. The van der Waals surface area contributed by atoms with Gasteiger partial charge in [-0.15, -0.1) is 0 Å². The molecular weight excluding hydrogens is 258 g/mol. The molecule has 2 aromatic rings. The molecule has 94 valence electrons. The van der Waals surface area contributed by atoms with Gasteiger partial charge in [0.15, 0.2) is 0 Å². The molecule has 0 unspecified atom stereocenters. The Morgan fingerprint density at radius 2 is 2.28 bits per heavy atom. The van der Waals surface area contributed by atoms with Crippen LogP contribution < -0.4 is 15.8 Å². The van der Waals surface area contributed by atoms with Gasteiger partial charge in [0.25, 0.3) is 5.91 Å². The van der Waals surface area contributed by atoms with E-state index in [1.807, 2.05) is 0 Å². The Kier molecular flexibility index (Phi) is 3.33. The van der Waals surface area contributed by atoms with Gasteiger partial charge in [0.1, 0.15) is 10.8 Å². The fraction of sp³-hybridized carbons (Fsp3) is 0.100. The van der Waals surface area contributed by atoms with Gasteiger partial charge in [-0.1, -0.05) is 11.6 Å². The largest absolute Gasteiger partial charge is 0.481 e. The number of nitrogens with one attached hydrogen (secondary N) is 2. The van der Waals surface area contributed by atoms with Crippen molar-refractivity contribution in [2.45, 2.75) is 0 Å². The highest BCUT2D eigenvalue weighted by Crippen LogP contribution is 2.16. The van der Waals surface area contributed by atoms with Crippen molar-refractivity contribution in [2.24, 2.45) is 0 Å². The first-order valence-electron chi connectivity index (χ1n) is 4.92.